The standard InChI is InChI=1S/C11H18N2O/c1-2-4-10-8-14-11(13-10)9-5-3-6-12-7-9/h8-9,12H,2-7H2,1H3. The Morgan fingerprint density at radius 1 is 1.64 bits per heavy atom. The molecule has 1 aromatic rings. The largest absolute Gasteiger partial charge is 0.448 e. The van der Waals surface area contributed by atoms with Crippen LogP contribution < -0.4 is 5.32 Å². The van der Waals surface area contributed by atoms with Crippen molar-refractivity contribution in [2.75, 3.05) is 13.1 Å². The molecule has 0 spiro atoms. The number of hydrogen-bond donors (Lipinski definition) is 1. The fraction of sp³-hybridized carbons (Fsp3) is 0.727. The Morgan fingerprint density at radius 3 is 3.29 bits per heavy atom. The van der Waals surface area contributed by atoms with E-state index in [9.17, 15) is 0 Å². The zero-order valence-corrected chi connectivity index (χ0v) is 8.75. The molecular formula is C11H18N2O. The number of nitrogens with zero attached hydrogens (tertiary/aromatic N) is 1. The van der Waals surface area contributed by atoms with Gasteiger partial charge in [-0.3, -0.25) is 0 Å². The molecule has 2 rings (SSSR count). The second-order valence-corrected chi connectivity index (χ2v) is 3.97. The van der Waals surface area contributed by atoms with Gasteiger partial charge in [-0.25, -0.2) is 4.98 Å². The third-order valence-corrected chi connectivity index (χ3v) is 2.72. The van der Waals surface area contributed by atoms with Gasteiger partial charge in [0.2, 0.25) is 0 Å². The third-order valence-electron chi connectivity index (χ3n) is 2.72. The highest BCUT2D eigenvalue weighted by Gasteiger charge is 2.19. The summed E-state index contributed by atoms with van der Waals surface area (Å²) in [6.07, 6.45) is 6.42. The molecule has 3 nitrogen and oxygen atoms in total. The molecule has 1 N–H and O–H groups in total. The Hall–Kier alpha value is -0.830. The zero-order chi connectivity index (χ0) is 9.80. The number of oxazole rings is 1. The highest BCUT2D eigenvalue weighted by molar-refractivity contribution is 5.02. The molecule has 0 saturated carbocycles. The Bertz CT molecular complexity index is 277. The van der Waals surface area contributed by atoms with Crippen LogP contribution in [0.3, 0.4) is 0 Å². The summed E-state index contributed by atoms with van der Waals surface area (Å²) in [5.74, 6) is 1.43. The second-order valence-electron chi connectivity index (χ2n) is 3.97. The summed E-state index contributed by atoms with van der Waals surface area (Å²) in [5, 5.41) is 3.37. The lowest BCUT2D eigenvalue weighted by atomic mass is 10.00. The van der Waals surface area contributed by atoms with Crippen LogP contribution in [0.15, 0.2) is 10.7 Å². The summed E-state index contributed by atoms with van der Waals surface area (Å²) >= 11 is 0. The molecule has 0 radical (unpaired) electrons. The molecule has 3 heteroatoms. The van der Waals surface area contributed by atoms with Crippen molar-refractivity contribution in [3.8, 4) is 0 Å². The smallest absolute Gasteiger partial charge is 0.198 e. The van der Waals surface area contributed by atoms with Gasteiger partial charge in [0, 0.05) is 12.5 Å². The molecule has 78 valence electrons. The van der Waals surface area contributed by atoms with Crippen molar-refractivity contribution in [1.82, 2.24) is 10.3 Å². The molecule has 1 saturated heterocycles. The molecule has 1 aromatic heterocycles. The maximum atomic E-state index is 5.51. The Labute approximate surface area is 84.9 Å². The van der Waals surface area contributed by atoms with Gasteiger partial charge in [0.05, 0.1) is 5.69 Å². The predicted octanol–water partition coefficient (Wildman–Crippen LogP) is 2.09. The van der Waals surface area contributed by atoms with Crippen molar-refractivity contribution in [2.45, 2.75) is 38.5 Å². The number of rotatable bonds is 3. The van der Waals surface area contributed by atoms with E-state index in [4.69, 9.17) is 4.42 Å². The highest BCUT2D eigenvalue weighted by Crippen LogP contribution is 2.22. The van der Waals surface area contributed by atoms with E-state index in [1.54, 1.807) is 0 Å². The van der Waals surface area contributed by atoms with E-state index in [0.717, 1.165) is 37.5 Å². The van der Waals surface area contributed by atoms with E-state index in [2.05, 4.69) is 17.2 Å². The Morgan fingerprint density at radius 2 is 2.57 bits per heavy atom. The van der Waals surface area contributed by atoms with Crippen molar-refractivity contribution in [3.05, 3.63) is 17.8 Å². The van der Waals surface area contributed by atoms with Crippen LogP contribution in [0.4, 0.5) is 0 Å². The summed E-state index contributed by atoms with van der Waals surface area (Å²) in [6.45, 7) is 4.32. The first kappa shape index (κ1) is 9.71. The quantitative estimate of drug-likeness (QED) is 0.800. The molecule has 1 aliphatic rings. The fourth-order valence-corrected chi connectivity index (χ4v) is 1.94. The van der Waals surface area contributed by atoms with Crippen molar-refractivity contribution < 1.29 is 4.42 Å². The maximum Gasteiger partial charge on any atom is 0.198 e. The molecule has 14 heavy (non-hydrogen) atoms. The van der Waals surface area contributed by atoms with Crippen molar-refractivity contribution in [1.29, 1.82) is 0 Å². The van der Waals surface area contributed by atoms with Crippen LogP contribution in [0.5, 0.6) is 0 Å². The van der Waals surface area contributed by atoms with Crippen LogP contribution in [0, 0.1) is 0 Å². The van der Waals surface area contributed by atoms with Crippen molar-refractivity contribution >= 4 is 0 Å². The third kappa shape index (κ3) is 2.15. The summed E-state index contributed by atoms with van der Waals surface area (Å²) in [4.78, 5) is 4.52. The van der Waals surface area contributed by atoms with Crippen LogP contribution >= 0.6 is 0 Å². The number of aryl methyl sites for hydroxylation is 1. The lowest BCUT2D eigenvalue weighted by molar-refractivity contribution is 0.376. The summed E-state index contributed by atoms with van der Waals surface area (Å²) in [5.41, 5.74) is 1.10. The second kappa shape index (κ2) is 4.60. The van der Waals surface area contributed by atoms with E-state index < -0.39 is 0 Å². The van der Waals surface area contributed by atoms with Crippen LogP contribution in [0.25, 0.3) is 0 Å². The van der Waals surface area contributed by atoms with Gasteiger partial charge in [-0.05, 0) is 25.8 Å². The molecule has 1 aliphatic heterocycles. The number of hydrogen-bond acceptors (Lipinski definition) is 3. The Kier molecular flexibility index (Phi) is 3.19. The van der Waals surface area contributed by atoms with Gasteiger partial charge in [0.25, 0.3) is 0 Å². The van der Waals surface area contributed by atoms with Crippen LogP contribution in [-0.4, -0.2) is 18.1 Å². The minimum Gasteiger partial charge on any atom is -0.448 e. The van der Waals surface area contributed by atoms with Crippen molar-refractivity contribution in [2.24, 2.45) is 0 Å². The zero-order valence-electron chi connectivity index (χ0n) is 8.75. The van der Waals surface area contributed by atoms with E-state index in [1.165, 1.54) is 12.8 Å². The average molecular weight is 194 g/mol. The minimum atomic E-state index is 0.495. The molecule has 0 aliphatic carbocycles. The molecule has 1 fully saturated rings. The summed E-state index contributed by atoms with van der Waals surface area (Å²) in [6, 6.07) is 0. The van der Waals surface area contributed by atoms with E-state index >= 15 is 0 Å². The van der Waals surface area contributed by atoms with Crippen LogP contribution in [-0.2, 0) is 6.42 Å². The molecule has 0 aromatic carbocycles. The normalized spacial score (nSPS) is 22.5. The summed E-state index contributed by atoms with van der Waals surface area (Å²) in [7, 11) is 0. The first-order valence-corrected chi connectivity index (χ1v) is 5.55. The van der Waals surface area contributed by atoms with Gasteiger partial charge in [-0.1, -0.05) is 13.3 Å². The van der Waals surface area contributed by atoms with Gasteiger partial charge in [-0.2, -0.15) is 0 Å². The SMILES string of the molecule is CCCc1coc(C2CCCNC2)n1. The van der Waals surface area contributed by atoms with Gasteiger partial charge in [0.1, 0.15) is 6.26 Å². The summed E-state index contributed by atoms with van der Waals surface area (Å²) < 4.78 is 5.51. The average Bonchev–Trinajstić information content (AvgIpc) is 2.68. The highest BCUT2D eigenvalue weighted by atomic mass is 16.3. The molecule has 2 heterocycles. The number of piperidine rings is 1. The van der Waals surface area contributed by atoms with Gasteiger partial charge in [0.15, 0.2) is 5.89 Å². The van der Waals surface area contributed by atoms with Gasteiger partial charge < -0.3 is 9.73 Å². The topological polar surface area (TPSA) is 38.1 Å². The monoisotopic (exact) mass is 194 g/mol. The van der Waals surface area contributed by atoms with Crippen molar-refractivity contribution in [3.63, 3.8) is 0 Å². The van der Waals surface area contributed by atoms with Crippen LogP contribution in [0.1, 0.15) is 43.7 Å². The van der Waals surface area contributed by atoms with Gasteiger partial charge >= 0.3 is 0 Å². The minimum absolute atomic E-state index is 0.495. The van der Waals surface area contributed by atoms with E-state index in [1.807, 2.05) is 6.26 Å². The lowest BCUT2D eigenvalue weighted by Gasteiger charge is -2.19. The number of nitrogens with one attached hydrogen (secondary N) is 1. The van der Waals surface area contributed by atoms with Gasteiger partial charge in [-0.15, -0.1) is 0 Å². The molecule has 1 unspecified atom stereocenters. The predicted molar refractivity (Wildman–Crippen MR) is 55.3 cm³/mol. The first-order chi connectivity index (χ1) is 6.90. The Balaban J connectivity index is 2.00. The molecule has 1 atom stereocenters. The van der Waals surface area contributed by atoms with E-state index in [-0.39, 0.29) is 0 Å². The molecule has 0 bridgehead atoms. The lowest BCUT2D eigenvalue weighted by Crippen LogP contribution is -2.28. The van der Waals surface area contributed by atoms with E-state index in [0.29, 0.717) is 5.92 Å². The molecular weight excluding hydrogens is 176 g/mol. The maximum absolute atomic E-state index is 5.51. The first-order valence-electron chi connectivity index (χ1n) is 5.55. The molecule has 0 amide bonds. The van der Waals surface area contributed by atoms with Crippen LogP contribution in [0.2, 0.25) is 0 Å². The number of aromatic nitrogens is 1. The fourth-order valence-electron chi connectivity index (χ4n) is 1.94.